The maximum Gasteiger partial charge on any atom is 0.250 e. The van der Waals surface area contributed by atoms with Crippen LogP contribution in [0, 0.1) is 0 Å². The Morgan fingerprint density at radius 3 is 2.69 bits per heavy atom. The van der Waals surface area contributed by atoms with Crippen LogP contribution in [-0.4, -0.2) is 27.8 Å². The lowest BCUT2D eigenvalue weighted by Gasteiger charge is -2.12. The largest absolute Gasteiger partial charge is 0.488 e. The number of fused-ring (bicyclic) bond motifs is 2. The van der Waals surface area contributed by atoms with E-state index in [9.17, 15) is 4.79 Å². The van der Waals surface area contributed by atoms with Crippen LogP contribution < -0.4 is 10.2 Å². The van der Waals surface area contributed by atoms with Gasteiger partial charge < -0.3 is 9.72 Å². The van der Waals surface area contributed by atoms with Gasteiger partial charge in [-0.2, -0.15) is 5.10 Å². The number of carbonyl (C=O) groups excluding carboxylic acids is 1. The molecule has 5 aromatic rings. The zero-order valence-electron chi connectivity index (χ0n) is 18.6. The molecule has 0 atom stereocenters. The molecule has 0 radical (unpaired) electrons. The van der Waals surface area contributed by atoms with Crippen molar-refractivity contribution in [1.29, 1.82) is 0 Å². The number of H-pyrrole nitrogens is 1. The molecule has 174 valence electrons. The van der Waals surface area contributed by atoms with Crippen LogP contribution in [0.15, 0.2) is 95.2 Å². The highest BCUT2D eigenvalue weighted by molar-refractivity contribution is 7.99. The number of benzene rings is 4. The third kappa shape index (κ3) is 5.65. The highest BCUT2D eigenvalue weighted by atomic mass is 35.5. The second-order valence-corrected chi connectivity index (χ2v) is 9.16. The number of halogens is 1. The van der Waals surface area contributed by atoms with E-state index in [0.717, 1.165) is 32.9 Å². The molecule has 0 saturated carbocycles. The second kappa shape index (κ2) is 10.6. The Bertz CT molecular complexity index is 1480. The van der Waals surface area contributed by atoms with Gasteiger partial charge in [0.2, 0.25) is 0 Å². The maximum absolute atomic E-state index is 12.4. The van der Waals surface area contributed by atoms with Gasteiger partial charge in [-0.25, -0.2) is 10.4 Å². The third-order valence-corrected chi connectivity index (χ3v) is 6.45. The highest BCUT2D eigenvalue weighted by Gasteiger charge is 2.09. The van der Waals surface area contributed by atoms with E-state index in [0.29, 0.717) is 22.5 Å². The second-order valence-electron chi connectivity index (χ2n) is 7.75. The van der Waals surface area contributed by atoms with Crippen LogP contribution >= 0.6 is 23.4 Å². The van der Waals surface area contributed by atoms with E-state index in [4.69, 9.17) is 16.3 Å². The molecule has 8 heteroatoms. The van der Waals surface area contributed by atoms with Crippen LogP contribution in [0.1, 0.15) is 11.1 Å². The summed E-state index contributed by atoms with van der Waals surface area (Å²) >= 11 is 7.30. The fourth-order valence-electron chi connectivity index (χ4n) is 3.61. The Labute approximate surface area is 211 Å². The van der Waals surface area contributed by atoms with Crippen LogP contribution in [0.2, 0.25) is 5.02 Å². The molecule has 1 heterocycles. The number of aromatic nitrogens is 2. The summed E-state index contributed by atoms with van der Waals surface area (Å²) in [5.41, 5.74) is 6.21. The molecule has 1 amide bonds. The molecule has 0 spiro atoms. The minimum Gasteiger partial charge on any atom is -0.488 e. The minimum atomic E-state index is -0.226. The fourth-order valence-corrected chi connectivity index (χ4v) is 4.41. The smallest absolute Gasteiger partial charge is 0.250 e. The predicted octanol–water partition coefficient (Wildman–Crippen LogP) is 6.19. The van der Waals surface area contributed by atoms with Crippen molar-refractivity contribution in [2.75, 3.05) is 5.75 Å². The summed E-state index contributed by atoms with van der Waals surface area (Å²) in [4.78, 5) is 20.1. The molecule has 0 unspecified atom stereocenters. The number of nitrogens with one attached hydrogen (secondary N) is 2. The molecule has 35 heavy (non-hydrogen) atoms. The summed E-state index contributed by atoms with van der Waals surface area (Å²) in [5, 5.41) is 7.62. The van der Waals surface area contributed by atoms with Crippen molar-refractivity contribution in [3.63, 3.8) is 0 Å². The molecule has 0 bridgehead atoms. The molecular weight excluding hydrogens is 480 g/mol. The lowest BCUT2D eigenvalue weighted by Crippen LogP contribution is -2.19. The van der Waals surface area contributed by atoms with Crippen LogP contribution in [0.5, 0.6) is 5.75 Å². The van der Waals surface area contributed by atoms with Crippen LogP contribution in [0.25, 0.3) is 21.8 Å². The monoisotopic (exact) mass is 500 g/mol. The fraction of sp³-hybridized carbons (Fsp3) is 0.0741. The molecule has 6 nitrogen and oxygen atoms in total. The van der Waals surface area contributed by atoms with E-state index in [2.05, 4.69) is 20.5 Å². The van der Waals surface area contributed by atoms with Crippen LogP contribution in [-0.2, 0) is 11.4 Å². The zero-order chi connectivity index (χ0) is 24.0. The standard InChI is InChI=1S/C27H21ClN4O2S/c28-20-12-9-18(10-13-20)16-34-25-14-11-19-5-1-2-6-21(19)22(25)15-29-32-26(33)17-35-27-30-23-7-3-4-8-24(23)31-27/h1-15H,16-17H2,(H,30,31)(H,32,33)/b29-15-. The van der Waals surface area contributed by atoms with Crippen molar-refractivity contribution < 1.29 is 9.53 Å². The number of amides is 1. The Balaban J connectivity index is 1.27. The Hall–Kier alpha value is -3.81. The molecule has 5 rings (SSSR count). The number of aromatic amines is 1. The summed E-state index contributed by atoms with van der Waals surface area (Å²) in [5.74, 6) is 0.635. The van der Waals surface area contributed by atoms with E-state index in [-0.39, 0.29) is 11.7 Å². The number of hydrogen-bond donors (Lipinski definition) is 2. The number of hydrogen-bond acceptors (Lipinski definition) is 5. The van der Waals surface area contributed by atoms with Gasteiger partial charge in [0.1, 0.15) is 12.4 Å². The number of carbonyl (C=O) groups is 1. The molecule has 1 aromatic heterocycles. The average molecular weight is 501 g/mol. The van der Waals surface area contributed by atoms with E-state index >= 15 is 0 Å². The van der Waals surface area contributed by atoms with Gasteiger partial charge in [0.05, 0.1) is 23.0 Å². The van der Waals surface area contributed by atoms with Crippen molar-refractivity contribution in [3.8, 4) is 5.75 Å². The van der Waals surface area contributed by atoms with Gasteiger partial charge in [0, 0.05) is 10.6 Å². The van der Waals surface area contributed by atoms with Gasteiger partial charge in [-0.1, -0.05) is 78.0 Å². The first kappa shape index (κ1) is 23.0. The summed E-state index contributed by atoms with van der Waals surface area (Å²) in [7, 11) is 0. The molecular formula is C27H21ClN4O2S. The Morgan fingerprint density at radius 1 is 1.03 bits per heavy atom. The van der Waals surface area contributed by atoms with Crippen molar-refractivity contribution in [1.82, 2.24) is 15.4 Å². The summed E-state index contributed by atoms with van der Waals surface area (Å²) in [6.45, 7) is 0.386. The quantitative estimate of drug-likeness (QED) is 0.151. The SMILES string of the molecule is O=C(CSc1nc2ccccc2[nH]1)N/N=C\c1c(OCc2ccc(Cl)cc2)ccc2ccccc12. The number of rotatable bonds is 8. The van der Waals surface area contributed by atoms with E-state index < -0.39 is 0 Å². The molecule has 2 N–H and O–H groups in total. The van der Waals surface area contributed by atoms with Crippen LogP contribution in [0.3, 0.4) is 0 Å². The predicted molar refractivity (Wildman–Crippen MR) is 142 cm³/mol. The number of ether oxygens (including phenoxy) is 1. The summed E-state index contributed by atoms with van der Waals surface area (Å²) < 4.78 is 6.10. The van der Waals surface area contributed by atoms with Gasteiger partial charge in [-0.05, 0) is 46.7 Å². The molecule has 4 aromatic carbocycles. The Morgan fingerprint density at radius 2 is 1.83 bits per heavy atom. The first-order chi connectivity index (χ1) is 17.2. The lowest BCUT2D eigenvalue weighted by atomic mass is 10.0. The molecule has 0 fully saturated rings. The number of hydrazone groups is 1. The zero-order valence-corrected chi connectivity index (χ0v) is 20.1. The maximum atomic E-state index is 12.4. The number of para-hydroxylation sites is 2. The van der Waals surface area contributed by atoms with Crippen molar-refractivity contribution in [3.05, 3.63) is 101 Å². The third-order valence-electron chi connectivity index (χ3n) is 5.33. The first-order valence-corrected chi connectivity index (χ1v) is 12.3. The Kier molecular flexibility index (Phi) is 6.97. The van der Waals surface area contributed by atoms with Crippen LogP contribution in [0.4, 0.5) is 0 Å². The van der Waals surface area contributed by atoms with Gasteiger partial charge in [-0.3, -0.25) is 4.79 Å². The van der Waals surface area contributed by atoms with Gasteiger partial charge >= 0.3 is 0 Å². The van der Waals surface area contributed by atoms with E-state index in [1.54, 1.807) is 6.21 Å². The van der Waals surface area contributed by atoms with Gasteiger partial charge in [-0.15, -0.1) is 0 Å². The average Bonchev–Trinajstić information content (AvgIpc) is 3.31. The normalized spacial score (nSPS) is 11.3. The topological polar surface area (TPSA) is 79.4 Å². The number of thioether (sulfide) groups is 1. The molecule has 0 aliphatic heterocycles. The number of imidazole rings is 1. The highest BCUT2D eigenvalue weighted by Crippen LogP contribution is 2.27. The van der Waals surface area contributed by atoms with Gasteiger partial charge in [0.15, 0.2) is 5.16 Å². The van der Waals surface area contributed by atoms with E-state index in [1.165, 1.54) is 11.8 Å². The minimum absolute atomic E-state index is 0.187. The van der Waals surface area contributed by atoms with Gasteiger partial charge in [0.25, 0.3) is 5.91 Å². The molecule has 0 aliphatic rings. The number of nitrogens with zero attached hydrogens (tertiary/aromatic N) is 2. The lowest BCUT2D eigenvalue weighted by molar-refractivity contribution is -0.118. The van der Waals surface area contributed by atoms with E-state index in [1.807, 2.05) is 84.9 Å². The molecule has 0 saturated heterocycles. The summed E-state index contributed by atoms with van der Waals surface area (Å²) in [6, 6.07) is 27.2. The van der Waals surface area contributed by atoms with Crippen molar-refractivity contribution >= 4 is 57.3 Å². The van der Waals surface area contributed by atoms with Crippen molar-refractivity contribution in [2.45, 2.75) is 11.8 Å². The summed E-state index contributed by atoms with van der Waals surface area (Å²) in [6.07, 6.45) is 1.63. The first-order valence-electron chi connectivity index (χ1n) is 10.9. The van der Waals surface area contributed by atoms with Crippen molar-refractivity contribution in [2.24, 2.45) is 5.10 Å². The molecule has 0 aliphatic carbocycles.